The molecule has 0 fully saturated rings. The summed E-state index contributed by atoms with van der Waals surface area (Å²) in [7, 11) is 0. The summed E-state index contributed by atoms with van der Waals surface area (Å²) < 4.78 is 10.5. The lowest BCUT2D eigenvalue weighted by molar-refractivity contribution is -0.162. The number of hydrogen-bond donors (Lipinski definition) is 0. The van der Waals surface area contributed by atoms with E-state index in [0.29, 0.717) is 24.1 Å². The van der Waals surface area contributed by atoms with E-state index in [1.807, 2.05) is 0 Å². The minimum absolute atomic E-state index is 0.0663. The Kier molecular flexibility index (Phi) is 6.68. The quantitative estimate of drug-likeness (QED) is 0.491. The van der Waals surface area contributed by atoms with Gasteiger partial charge < -0.3 is 9.47 Å². The molecule has 1 spiro atoms. The molecule has 0 radical (unpaired) electrons. The maximum atomic E-state index is 14.0. The summed E-state index contributed by atoms with van der Waals surface area (Å²) in [6.45, 7) is 5.30. The summed E-state index contributed by atoms with van der Waals surface area (Å²) in [5.41, 5.74) is -0.718. The topological polar surface area (TPSA) is 102 Å². The minimum Gasteiger partial charge on any atom is -0.466 e. The highest BCUT2D eigenvalue weighted by molar-refractivity contribution is 6.24. The van der Waals surface area contributed by atoms with Gasteiger partial charge in [-0.2, -0.15) is 10.1 Å². The van der Waals surface area contributed by atoms with E-state index in [-0.39, 0.29) is 25.2 Å². The van der Waals surface area contributed by atoms with Crippen LogP contribution in [0.25, 0.3) is 0 Å². The number of amides is 1. The Hall–Kier alpha value is -3.29. The fourth-order valence-corrected chi connectivity index (χ4v) is 4.51. The molecule has 0 aromatic heterocycles. The van der Waals surface area contributed by atoms with Crippen LogP contribution in [-0.2, 0) is 28.7 Å². The van der Waals surface area contributed by atoms with Crippen LogP contribution in [-0.4, -0.2) is 43.1 Å². The highest BCUT2D eigenvalue weighted by Crippen LogP contribution is 2.52. The molecular formula is C23H26N2O6. The maximum absolute atomic E-state index is 14.0. The van der Waals surface area contributed by atoms with Crippen molar-refractivity contribution in [2.75, 3.05) is 18.2 Å². The van der Waals surface area contributed by atoms with Gasteiger partial charge >= 0.3 is 11.9 Å². The van der Waals surface area contributed by atoms with Gasteiger partial charge in [-0.1, -0.05) is 31.2 Å². The predicted octanol–water partition coefficient (Wildman–Crippen LogP) is 2.67. The van der Waals surface area contributed by atoms with Crippen molar-refractivity contribution >= 4 is 35.5 Å². The standard InChI is InChI=1S/C23H26N2O6/c1-4-18-23(22(29)25(24-18)16-10-8-7-9-11-16)17(20(27)30-5-2)13-12-15(14-26)19(23)21(28)31-6-3/h7-12,14,17,19H,4-6,13H2,1-3H3/t17-,19-,23-/m0/s1. The van der Waals surface area contributed by atoms with Gasteiger partial charge in [0.05, 0.1) is 30.5 Å². The zero-order valence-electron chi connectivity index (χ0n) is 17.9. The Balaban J connectivity index is 2.26. The second-order valence-electron chi connectivity index (χ2n) is 7.27. The van der Waals surface area contributed by atoms with Crippen LogP contribution < -0.4 is 5.01 Å². The van der Waals surface area contributed by atoms with Crippen LogP contribution in [0.2, 0.25) is 0 Å². The third kappa shape index (κ3) is 3.56. The van der Waals surface area contributed by atoms with Gasteiger partial charge in [0, 0.05) is 5.57 Å². The van der Waals surface area contributed by atoms with Gasteiger partial charge in [0.1, 0.15) is 17.6 Å². The molecule has 0 N–H and O–H groups in total. The van der Waals surface area contributed by atoms with Crippen LogP contribution in [0, 0.1) is 17.3 Å². The van der Waals surface area contributed by atoms with Crippen molar-refractivity contribution in [3.63, 3.8) is 0 Å². The van der Waals surface area contributed by atoms with E-state index >= 15 is 0 Å². The van der Waals surface area contributed by atoms with Gasteiger partial charge in [-0.3, -0.25) is 19.2 Å². The van der Waals surface area contributed by atoms with Crippen LogP contribution in [0.4, 0.5) is 5.69 Å². The lowest BCUT2D eigenvalue weighted by atomic mass is 9.57. The maximum Gasteiger partial charge on any atom is 0.315 e. The van der Waals surface area contributed by atoms with E-state index in [9.17, 15) is 19.2 Å². The number of esters is 2. The normalized spacial score (nSPS) is 25.1. The van der Waals surface area contributed by atoms with Gasteiger partial charge in [-0.05, 0) is 38.8 Å². The first-order chi connectivity index (χ1) is 15.0. The molecule has 1 aromatic rings. The number of allylic oxidation sites excluding steroid dienone is 1. The molecule has 1 heterocycles. The van der Waals surface area contributed by atoms with E-state index in [0.717, 1.165) is 0 Å². The monoisotopic (exact) mass is 426 g/mol. The summed E-state index contributed by atoms with van der Waals surface area (Å²) in [5.74, 6) is -4.18. The van der Waals surface area contributed by atoms with Crippen LogP contribution >= 0.6 is 0 Å². The molecule has 1 amide bonds. The number of carbonyl (C=O) groups excluding carboxylic acids is 4. The number of nitrogens with zero attached hydrogens (tertiary/aromatic N) is 2. The van der Waals surface area contributed by atoms with Crippen molar-refractivity contribution < 1.29 is 28.7 Å². The predicted molar refractivity (Wildman–Crippen MR) is 113 cm³/mol. The van der Waals surface area contributed by atoms with Gasteiger partial charge in [-0.15, -0.1) is 0 Å². The summed E-state index contributed by atoms with van der Waals surface area (Å²) in [6, 6.07) is 8.76. The molecule has 0 bridgehead atoms. The molecule has 1 aliphatic carbocycles. The molecule has 1 aliphatic heterocycles. The van der Waals surface area contributed by atoms with Crippen LogP contribution in [0.5, 0.6) is 0 Å². The first-order valence-corrected chi connectivity index (χ1v) is 10.4. The number of hydrazone groups is 1. The summed E-state index contributed by atoms with van der Waals surface area (Å²) in [6.07, 6.45) is 2.45. The Labute approximate surface area is 180 Å². The zero-order chi connectivity index (χ0) is 22.6. The number of para-hydroxylation sites is 1. The van der Waals surface area contributed by atoms with E-state index in [4.69, 9.17) is 9.47 Å². The smallest absolute Gasteiger partial charge is 0.315 e. The zero-order valence-corrected chi connectivity index (χ0v) is 17.9. The molecule has 0 unspecified atom stereocenters. The van der Waals surface area contributed by atoms with E-state index < -0.39 is 35.1 Å². The summed E-state index contributed by atoms with van der Waals surface area (Å²) in [4.78, 5) is 52.0. The second-order valence-corrected chi connectivity index (χ2v) is 7.27. The van der Waals surface area contributed by atoms with Gasteiger partial charge in [0.25, 0.3) is 5.91 Å². The molecule has 8 heteroatoms. The summed E-state index contributed by atoms with van der Waals surface area (Å²) >= 11 is 0. The Bertz CT molecular complexity index is 939. The first-order valence-electron chi connectivity index (χ1n) is 10.4. The second kappa shape index (κ2) is 9.24. The number of benzene rings is 1. The van der Waals surface area contributed by atoms with E-state index in [1.54, 1.807) is 51.1 Å². The first kappa shape index (κ1) is 22.4. The largest absolute Gasteiger partial charge is 0.466 e. The highest BCUT2D eigenvalue weighted by Gasteiger charge is 2.66. The Morgan fingerprint density at radius 1 is 1.13 bits per heavy atom. The molecule has 31 heavy (non-hydrogen) atoms. The van der Waals surface area contributed by atoms with Crippen molar-refractivity contribution in [1.82, 2.24) is 0 Å². The third-order valence-electron chi connectivity index (χ3n) is 5.74. The van der Waals surface area contributed by atoms with Crippen LogP contribution in [0.15, 0.2) is 47.1 Å². The molecule has 3 atom stereocenters. The van der Waals surface area contributed by atoms with Crippen molar-refractivity contribution in [2.45, 2.75) is 33.6 Å². The van der Waals surface area contributed by atoms with Gasteiger partial charge in [-0.25, -0.2) is 0 Å². The molecule has 8 nitrogen and oxygen atoms in total. The van der Waals surface area contributed by atoms with Crippen molar-refractivity contribution in [3.8, 4) is 0 Å². The number of aldehydes is 1. The van der Waals surface area contributed by atoms with E-state index in [2.05, 4.69) is 5.10 Å². The van der Waals surface area contributed by atoms with Crippen LogP contribution in [0.3, 0.4) is 0 Å². The highest BCUT2D eigenvalue weighted by atomic mass is 16.5. The molecule has 0 saturated heterocycles. The number of carbonyl (C=O) groups is 4. The van der Waals surface area contributed by atoms with Crippen LogP contribution in [0.1, 0.15) is 33.6 Å². The number of rotatable bonds is 7. The van der Waals surface area contributed by atoms with Crippen molar-refractivity contribution in [2.24, 2.45) is 22.4 Å². The Morgan fingerprint density at radius 3 is 2.35 bits per heavy atom. The molecule has 3 rings (SSSR count). The number of ether oxygens (including phenoxy) is 2. The summed E-state index contributed by atoms with van der Waals surface area (Å²) in [5, 5.41) is 5.74. The lowest BCUT2D eigenvalue weighted by Crippen LogP contribution is -2.58. The fourth-order valence-electron chi connectivity index (χ4n) is 4.51. The van der Waals surface area contributed by atoms with E-state index in [1.165, 1.54) is 11.1 Å². The molecule has 164 valence electrons. The average Bonchev–Trinajstić information content (AvgIpc) is 3.06. The van der Waals surface area contributed by atoms with Crippen molar-refractivity contribution in [3.05, 3.63) is 42.0 Å². The fraction of sp³-hybridized carbons (Fsp3) is 0.435. The number of anilines is 1. The minimum atomic E-state index is -1.69. The third-order valence-corrected chi connectivity index (χ3v) is 5.74. The van der Waals surface area contributed by atoms with Gasteiger partial charge in [0.2, 0.25) is 0 Å². The lowest BCUT2D eigenvalue weighted by Gasteiger charge is -2.42. The molecule has 1 aromatic carbocycles. The number of hydrogen-bond acceptors (Lipinski definition) is 7. The molecular weight excluding hydrogens is 400 g/mol. The average molecular weight is 426 g/mol. The molecule has 2 aliphatic rings. The van der Waals surface area contributed by atoms with Gasteiger partial charge in [0.15, 0.2) is 0 Å². The Morgan fingerprint density at radius 2 is 1.77 bits per heavy atom. The van der Waals surface area contributed by atoms with Crippen molar-refractivity contribution in [1.29, 1.82) is 0 Å². The SMILES string of the molecule is CCOC(=O)[C@@H]1C(C=O)=CC[C@@H](C(=O)OCC)[C@@]12C(=O)N(c1ccccc1)N=C2CC. The molecule has 0 saturated carbocycles.